The fraction of sp³-hybridized carbons (Fsp3) is 0.818. The fourth-order valence-electron chi connectivity index (χ4n) is 1.79. The summed E-state index contributed by atoms with van der Waals surface area (Å²) in [4.78, 5) is 3.89. The highest BCUT2D eigenvalue weighted by atomic mass is 16.3. The Kier molecular flexibility index (Phi) is 5.42. The van der Waals surface area contributed by atoms with Gasteiger partial charge in [-0.15, -0.1) is 0 Å². The summed E-state index contributed by atoms with van der Waals surface area (Å²) >= 11 is 0. The summed E-state index contributed by atoms with van der Waals surface area (Å²) in [6.07, 6.45) is 6.40. The fourth-order valence-corrected chi connectivity index (χ4v) is 1.79. The Morgan fingerprint density at radius 1 is 1.44 bits per heavy atom. The first-order valence-electron chi connectivity index (χ1n) is 5.88. The molecule has 92 valence electrons. The van der Waals surface area contributed by atoms with Crippen LogP contribution in [0.5, 0.6) is 0 Å². The second-order valence-electron chi connectivity index (χ2n) is 4.36. The van der Waals surface area contributed by atoms with Crippen molar-refractivity contribution in [2.45, 2.75) is 45.2 Å². The lowest BCUT2D eigenvalue weighted by atomic mass is 9.96. The number of nitrogens with one attached hydrogen (secondary N) is 1. The summed E-state index contributed by atoms with van der Waals surface area (Å²) in [5.74, 6) is 0. The maximum absolute atomic E-state index is 9.31. The summed E-state index contributed by atoms with van der Waals surface area (Å²) in [7, 11) is 0. The van der Waals surface area contributed by atoms with Gasteiger partial charge in [0.25, 0.3) is 0 Å². The number of aromatic nitrogens is 3. The van der Waals surface area contributed by atoms with E-state index >= 15 is 0 Å². The summed E-state index contributed by atoms with van der Waals surface area (Å²) in [5, 5.41) is 16.7. The molecule has 2 N–H and O–H groups in total. The van der Waals surface area contributed by atoms with Crippen molar-refractivity contribution in [3.63, 3.8) is 0 Å². The molecule has 1 unspecified atom stereocenters. The highest BCUT2D eigenvalue weighted by Gasteiger charge is 2.20. The van der Waals surface area contributed by atoms with E-state index in [1.54, 1.807) is 12.7 Å². The lowest BCUT2D eigenvalue weighted by molar-refractivity contribution is 0.164. The normalized spacial score (nSPS) is 14.9. The van der Waals surface area contributed by atoms with Crippen molar-refractivity contribution in [2.24, 2.45) is 0 Å². The molecule has 0 spiro atoms. The lowest BCUT2D eigenvalue weighted by Gasteiger charge is -2.28. The molecule has 0 aliphatic heterocycles. The Morgan fingerprint density at radius 3 is 2.81 bits per heavy atom. The summed E-state index contributed by atoms with van der Waals surface area (Å²) < 4.78 is 1.84. The molecule has 0 aliphatic rings. The quantitative estimate of drug-likeness (QED) is 0.644. The van der Waals surface area contributed by atoms with Crippen molar-refractivity contribution >= 4 is 0 Å². The Morgan fingerprint density at radius 2 is 2.25 bits per heavy atom. The molecule has 1 heterocycles. The van der Waals surface area contributed by atoms with Gasteiger partial charge in [0.05, 0.1) is 6.61 Å². The van der Waals surface area contributed by atoms with Crippen LogP contribution in [0.4, 0.5) is 0 Å². The van der Waals surface area contributed by atoms with Crippen molar-refractivity contribution in [1.29, 1.82) is 0 Å². The van der Waals surface area contributed by atoms with Gasteiger partial charge in [-0.2, -0.15) is 5.10 Å². The Bertz CT molecular complexity index is 276. The van der Waals surface area contributed by atoms with Gasteiger partial charge in [0.15, 0.2) is 0 Å². The number of aliphatic hydroxyl groups is 1. The number of nitrogens with zero attached hydrogens (tertiary/aromatic N) is 3. The Hall–Kier alpha value is -0.940. The number of aryl methyl sites for hydroxylation is 1. The largest absolute Gasteiger partial charge is 0.394 e. The van der Waals surface area contributed by atoms with Crippen LogP contribution in [0, 0.1) is 0 Å². The molecule has 1 rings (SSSR count). The van der Waals surface area contributed by atoms with Crippen molar-refractivity contribution in [3.8, 4) is 0 Å². The first-order valence-corrected chi connectivity index (χ1v) is 5.88. The van der Waals surface area contributed by atoms with Crippen LogP contribution in [0.1, 0.15) is 33.1 Å². The van der Waals surface area contributed by atoms with Crippen LogP contribution in [0.15, 0.2) is 12.7 Å². The van der Waals surface area contributed by atoms with E-state index in [4.69, 9.17) is 0 Å². The minimum Gasteiger partial charge on any atom is -0.394 e. The van der Waals surface area contributed by atoms with Gasteiger partial charge in [-0.25, -0.2) is 4.98 Å². The Labute approximate surface area is 96.9 Å². The van der Waals surface area contributed by atoms with Crippen LogP contribution in [0.25, 0.3) is 0 Å². The van der Waals surface area contributed by atoms with E-state index in [1.807, 2.05) is 4.68 Å². The molecule has 5 heteroatoms. The smallest absolute Gasteiger partial charge is 0.137 e. The molecule has 1 aromatic heterocycles. The van der Waals surface area contributed by atoms with E-state index in [-0.39, 0.29) is 12.1 Å². The average Bonchev–Trinajstić information content (AvgIpc) is 2.78. The van der Waals surface area contributed by atoms with Crippen molar-refractivity contribution in [1.82, 2.24) is 20.1 Å². The predicted molar refractivity (Wildman–Crippen MR) is 63.0 cm³/mol. The molecular weight excluding hydrogens is 204 g/mol. The average molecular weight is 226 g/mol. The van der Waals surface area contributed by atoms with Crippen LogP contribution in [-0.4, -0.2) is 38.6 Å². The van der Waals surface area contributed by atoms with Crippen LogP contribution < -0.4 is 5.32 Å². The molecule has 5 nitrogen and oxygen atoms in total. The van der Waals surface area contributed by atoms with Crippen LogP contribution >= 0.6 is 0 Å². The van der Waals surface area contributed by atoms with Gasteiger partial charge in [0, 0.05) is 12.1 Å². The number of hydrogen-bond donors (Lipinski definition) is 2. The second-order valence-corrected chi connectivity index (χ2v) is 4.36. The first kappa shape index (κ1) is 13.1. The minimum absolute atomic E-state index is 0.142. The van der Waals surface area contributed by atoms with Gasteiger partial charge in [0.1, 0.15) is 12.7 Å². The zero-order valence-corrected chi connectivity index (χ0v) is 10.2. The maximum atomic E-state index is 9.31. The van der Waals surface area contributed by atoms with Crippen LogP contribution in [0.2, 0.25) is 0 Å². The summed E-state index contributed by atoms with van der Waals surface area (Å²) in [6, 6.07) is 0. The van der Waals surface area contributed by atoms with Gasteiger partial charge >= 0.3 is 0 Å². The zero-order valence-electron chi connectivity index (χ0n) is 10.2. The lowest BCUT2D eigenvalue weighted by Crippen LogP contribution is -2.45. The second kappa shape index (κ2) is 6.60. The molecule has 1 atom stereocenters. The Balaban J connectivity index is 2.18. The van der Waals surface area contributed by atoms with E-state index in [1.165, 1.54) is 0 Å². The maximum Gasteiger partial charge on any atom is 0.137 e. The highest BCUT2D eigenvalue weighted by Crippen LogP contribution is 2.13. The van der Waals surface area contributed by atoms with E-state index in [0.717, 1.165) is 32.4 Å². The molecule has 0 aromatic carbocycles. The number of likely N-dealkylation sites (N-methyl/N-ethyl adjacent to an activating group) is 1. The molecule has 0 amide bonds. The van der Waals surface area contributed by atoms with E-state index in [0.29, 0.717) is 0 Å². The first-order chi connectivity index (χ1) is 7.70. The molecule has 0 bridgehead atoms. The third-order valence-electron chi connectivity index (χ3n) is 2.78. The van der Waals surface area contributed by atoms with E-state index < -0.39 is 0 Å². The van der Waals surface area contributed by atoms with E-state index in [9.17, 15) is 5.11 Å². The van der Waals surface area contributed by atoms with Crippen LogP contribution in [0.3, 0.4) is 0 Å². The van der Waals surface area contributed by atoms with Crippen molar-refractivity contribution in [3.05, 3.63) is 12.7 Å². The molecule has 1 aromatic rings. The third kappa shape index (κ3) is 4.28. The summed E-state index contributed by atoms with van der Waals surface area (Å²) in [6.45, 7) is 6.09. The SMILES string of the molecule is CCNC(C)(CO)CCCCn1cncn1. The zero-order chi connectivity index (χ0) is 11.9. The number of hydrogen-bond acceptors (Lipinski definition) is 4. The molecule has 0 aliphatic carbocycles. The topological polar surface area (TPSA) is 63.0 Å². The van der Waals surface area contributed by atoms with Gasteiger partial charge in [-0.05, 0) is 32.7 Å². The monoisotopic (exact) mass is 226 g/mol. The van der Waals surface area contributed by atoms with Gasteiger partial charge in [-0.1, -0.05) is 6.92 Å². The van der Waals surface area contributed by atoms with Gasteiger partial charge in [-0.3, -0.25) is 4.68 Å². The van der Waals surface area contributed by atoms with Crippen LogP contribution in [-0.2, 0) is 6.54 Å². The molecule has 0 saturated carbocycles. The number of aliphatic hydroxyl groups excluding tert-OH is 1. The third-order valence-corrected chi connectivity index (χ3v) is 2.78. The highest BCUT2D eigenvalue weighted by molar-refractivity contribution is 4.81. The van der Waals surface area contributed by atoms with Crippen molar-refractivity contribution in [2.75, 3.05) is 13.2 Å². The number of unbranched alkanes of at least 4 members (excludes halogenated alkanes) is 1. The molecule has 0 radical (unpaired) electrons. The number of rotatable bonds is 8. The predicted octanol–water partition coefficient (Wildman–Crippen LogP) is 0.809. The standard InChI is InChI=1S/C11H22N4O/c1-3-13-11(2,8-16)6-4-5-7-15-10-12-9-14-15/h9-10,13,16H,3-8H2,1-2H3. The minimum atomic E-state index is -0.142. The molecule has 0 saturated heterocycles. The summed E-state index contributed by atoms with van der Waals surface area (Å²) in [5.41, 5.74) is -0.142. The molecule has 0 fully saturated rings. The van der Waals surface area contributed by atoms with Crippen molar-refractivity contribution < 1.29 is 5.11 Å². The molecular formula is C11H22N4O. The van der Waals surface area contributed by atoms with E-state index in [2.05, 4.69) is 29.2 Å². The molecule has 16 heavy (non-hydrogen) atoms. The van der Waals surface area contributed by atoms with Gasteiger partial charge in [0.2, 0.25) is 0 Å². The van der Waals surface area contributed by atoms with Gasteiger partial charge < -0.3 is 10.4 Å².